The van der Waals surface area contributed by atoms with Crippen LogP contribution in [0.4, 0.5) is 0 Å². The van der Waals surface area contributed by atoms with E-state index in [2.05, 4.69) is 21.3 Å². The number of carboxylic acid groups (broad SMARTS) is 2. The van der Waals surface area contributed by atoms with Gasteiger partial charge in [0.05, 0.1) is 19.6 Å². The molecule has 0 spiro atoms. The van der Waals surface area contributed by atoms with Gasteiger partial charge in [-0.3, -0.25) is 29.4 Å². The highest BCUT2D eigenvalue weighted by Crippen LogP contribution is 1.98. The minimum absolute atomic E-state index is 0.148. The second kappa shape index (κ2) is 15.0. The molecule has 11 N–H and O–H groups in total. The largest absolute Gasteiger partial charge is 0.481 e. The van der Waals surface area contributed by atoms with E-state index in [0.29, 0.717) is 6.42 Å². The number of carboxylic acids is 2. The molecule has 0 aromatic carbocycles. The van der Waals surface area contributed by atoms with Crippen molar-refractivity contribution in [2.75, 3.05) is 19.7 Å². The topological polar surface area (TPSA) is 273 Å². The third-order valence-corrected chi connectivity index (χ3v) is 3.93. The molecule has 4 amide bonds. The normalized spacial score (nSPS) is 12.9. The summed E-state index contributed by atoms with van der Waals surface area (Å²) in [5.41, 5.74) is 5.14. The Labute approximate surface area is 188 Å². The number of nitrogens with one attached hydrogen (secondary N) is 6. The van der Waals surface area contributed by atoms with Gasteiger partial charge in [-0.15, -0.1) is 0 Å². The van der Waals surface area contributed by atoms with Gasteiger partial charge in [-0.05, 0) is 12.8 Å². The Morgan fingerprint density at radius 1 is 0.909 bits per heavy atom. The zero-order chi connectivity index (χ0) is 25.6. The summed E-state index contributed by atoms with van der Waals surface area (Å²) in [6.45, 7) is -0.188. The maximum Gasteiger partial charge on any atom is 0.328 e. The molecule has 16 heteroatoms. The van der Waals surface area contributed by atoms with Gasteiger partial charge in [-0.1, -0.05) is 0 Å². The lowest BCUT2D eigenvalue weighted by atomic mass is 10.1. The number of hydrogen-bond acceptors (Lipinski definition) is 8. The first-order chi connectivity index (χ1) is 15.4. The zero-order valence-electron chi connectivity index (χ0n) is 17.8. The maximum absolute atomic E-state index is 12.3. The molecule has 0 unspecified atom stereocenters. The Morgan fingerprint density at radius 3 is 2.03 bits per heavy atom. The van der Waals surface area contributed by atoms with Crippen molar-refractivity contribution in [3.63, 3.8) is 0 Å². The Hall–Kier alpha value is -3.95. The van der Waals surface area contributed by atoms with Gasteiger partial charge >= 0.3 is 11.9 Å². The number of carbonyl (C=O) groups is 6. The molecule has 0 aromatic heterocycles. The van der Waals surface area contributed by atoms with Crippen molar-refractivity contribution >= 4 is 41.5 Å². The van der Waals surface area contributed by atoms with Crippen LogP contribution in [0, 0.1) is 5.41 Å². The molecule has 186 valence electrons. The van der Waals surface area contributed by atoms with Gasteiger partial charge in [0.2, 0.25) is 23.6 Å². The van der Waals surface area contributed by atoms with E-state index in [9.17, 15) is 28.8 Å². The Kier molecular flexibility index (Phi) is 13.2. The predicted octanol–water partition coefficient (Wildman–Crippen LogP) is -4.61. The number of aliphatic hydroxyl groups is 1. The molecular formula is C17H29N7O9. The van der Waals surface area contributed by atoms with Gasteiger partial charge in [-0.2, -0.15) is 0 Å². The van der Waals surface area contributed by atoms with Gasteiger partial charge in [0.25, 0.3) is 0 Å². The number of hydrogen-bond donors (Lipinski definition) is 10. The lowest BCUT2D eigenvalue weighted by molar-refractivity contribution is -0.144. The van der Waals surface area contributed by atoms with Crippen LogP contribution in [0.5, 0.6) is 0 Å². The number of aliphatic hydroxyl groups excluding tert-OH is 1. The summed E-state index contributed by atoms with van der Waals surface area (Å²) in [5, 5.41) is 44.9. The smallest absolute Gasteiger partial charge is 0.328 e. The van der Waals surface area contributed by atoms with Crippen LogP contribution < -0.4 is 32.3 Å². The molecule has 33 heavy (non-hydrogen) atoms. The molecule has 0 radical (unpaired) electrons. The van der Waals surface area contributed by atoms with Crippen molar-refractivity contribution in [3.05, 3.63) is 0 Å². The monoisotopic (exact) mass is 475 g/mol. The van der Waals surface area contributed by atoms with Crippen LogP contribution in [0.2, 0.25) is 0 Å². The molecule has 0 aliphatic rings. The van der Waals surface area contributed by atoms with Gasteiger partial charge < -0.3 is 47.6 Å². The quantitative estimate of drug-likeness (QED) is 0.0611. The standard InChI is InChI=1S/C17H29N7O9/c1-8(26)22-9(3-2-4-20-17(18)19)14(30)21-6-12(27)23-10(5-13(28)29)15(31)24-11(7-25)16(32)33/h9-11,25H,2-7H2,1H3,(H,21,30)(H,22,26)(H,23,27)(H,24,31)(H,28,29)(H,32,33)(H4,18,19,20)/t9-,10-,11-/m0/s1. The van der Waals surface area contributed by atoms with E-state index in [-0.39, 0.29) is 18.9 Å². The van der Waals surface area contributed by atoms with E-state index in [4.69, 9.17) is 26.5 Å². The summed E-state index contributed by atoms with van der Waals surface area (Å²) in [6.07, 6.45) is -0.392. The molecule has 3 atom stereocenters. The highest BCUT2D eigenvalue weighted by molar-refractivity contribution is 5.94. The number of rotatable bonds is 15. The molecule has 0 rings (SSSR count). The van der Waals surface area contributed by atoms with Crippen LogP contribution in [0.25, 0.3) is 0 Å². The third-order valence-electron chi connectivity index (χ3n) is 3.93. The van der Waals surface area contributed by atoms with Crippen molar-refractivity contribution in [1.29, 1.82) is 5.41 Å². The average Bonchev–Trinajstić information content (AvgIpc) is 2.70. The van der Waals surface area contributed by atoms with Crippen molar-refractivity contribution in [1.82, 2.24) is 26.6 Å². The van der Waals surface area contributed by atoms with E-state index < -0.39 is 73.3 Å². The first-order valence-corrected chi connectivity index (χ1v) is 9.65. The van der Waals surface area contributed by atoms with Crippen molar-refractivity contribution in [3.8, 4) is 0 Å². The molecule has 0 aromatic rings. The molecule has 0 saturated heterocycles. The van der Waals surface area contributed by atoms with Crippen LogP contribution >= 0.6 is 0 Å². The van der Waals surface area contributed by atoms with Gasteiger partial charge in [0.15, 0.2) is 5.96 Å². The summed E-state index contributed by atoms with van der Waals surface area (Å²) in [7, 11) is 0. The fourth-order valence-corrected chi connectivity index (χ4v) is 2.42. The van der Waals surface area contributed by atoms with Crippen molar-refractivity contribution in [2.45, 2.75) is 44.3 Å². The minimum Gasteiger partial charge on any atom is -0.481 e. The van der Waals surface area contributed by atoms with E-state index in [0.717, 1.165) is 0 Å². The SMILES string of the molecule is CC(=O)N[C@@H](CCCNC(=N)N)C(=O)NCC(=O)N[C@@H](CC(=O)O)C(=O)N[C@@H](CO)C(=O)O. The van der Waals surface area contributed by atoms with E-state index in [1.807, 2.05) is 5.32 Å². The molecule has 0 aliphatic carbocycles. The summed E-state index contributed by atoms with van der Waals surface area (Å²) >= 11 is 0. The number of nitrogens with two attached hydrogens (primary N) is 1. The van der Waals surface area contributed by atoms with E-state index in [1.54, 1.807) is 0 Å². The number of aliphatic carboxylic acids is 2. The van der Waals surface area contributed by atoms with Crippen LogP contribution in [0.3, 0.4) is 0 Å². The highest BCUT2D eigenvalue weighted by Gasteiger charge is 2.28. The number of guanidine groups is 1. The maximum atomic E-state index is 12.3. The first-order valence-electron chi connectivity index (χ1n) is 9.65. The fourth-order valence-electron chi connectivity index (χ4n) is 2.42. The minimum atomic E-state index is -1.71. The van der Waals surface area contributed by atoms with Crippen LogP contribution in [0.1, 0.15) is 26.2 Å². The molecule has 0 bridgehead atoms. The highest BCUT2D eigenvalue weighted by atomic mass is 16.4. The Bertz CT molecular complexity index is 759. The first kappa shape index (κ1) is 29.0. The lowest BCUT2D eigenvalue weighted by Gasteiger charge is -2.20. The molecule has 0 fully saturated rings. The third kappa shape index (κ3) is 13.1. The van der Waals surface area contributed by atoms with Gasteiger partial charge in [-0.25, -0.2) is 4.79 Å². The van der Waals surface area contributed by atoms with Gasteiger partial charge in [0, 0.05) is 13.5 Å². The number of amides is 4. The molecule has 16 nitrogen and oxygen atoms in total. The molecule has 0 aliphatic heterocycles. The second-order valence-corrected chi connectivity index (χ2v) is 6.75. The summed E-state index contributed by atoms with van der Waals surface area (Å²) in [6, 6.07) is -4.39. The second-order valence-electron chi connectivity index (χ2n) is 6.75. The van der Waals surface area contributed by atoms with Crippen molar-refractivity contribution in [2.24, 2.45) is 5.73 Å². The lowest BCUT2D eigenvalue weighted by Crippen LogP contribution is -2.55. The van der Waals surface area contributed by atoms with Crippen LogP contribution in [-0.4, -0.2) is 94.7 Å². The molecular weight excluding hydrogens is 446 g/mol. The summed E-state index contributed by atoms with van der Waals surface area (Å²) in [4.78, 5) is 69.7. The number of carbonyl (C=O) groups excluding carboxylic acids is 4. The van der Waals surface area contributed by atoms with Gasteiger partial charge in [0.1, 0.15) is 18.1 Å². The average molecular weight is 475 g/mol. The summed E-state index contributed by atoms with van der Waals surface area (Å²) < 4.78 is 0. The molecule has 0 heterocycles. The summed E-state index contributed by atoms with van der Waals surface area (Å²) in [5.74, 6) is -6.65. The molecule has 0 saturated carbocycles. The van der Waals surface area contributed by atoms with E-state index >= 15 is 0 Å². The predicted molar refractivity (Wildman–Crippen MR) is 111 cm³/mol. The Balaban J connectivity index is 4.93. The Morgan fingerprint density at radius 2 is 1.55 bits per heavy atom. The van der Waals surface area contributed by atoms with Crippen LogP contribution in [0.15, 0.2) is 0 Å². The van der Waals surface area contributed by atoms with E-state index in [1.165, 1.54) is 6.92 Å². The van der Waals surface area contributed by atoms with Crippen LogP contribution in [-0.2, 0) is 28.8 Å². The fraction of sp³-hybridized carbons (Fsp3) is 0.588. The van der Waals surface area contributed by atoms with Crippen molar-refractivity contribution < 1.29 is 44.1 Å². The zero-order valence-corrected chi connectivity index (χ0v) is 17.8.